The van der Waals surface area contributed by atoms with Crippen molar-refractivity contribution in [3.8, 4) is 5.75 Å². The van der Waals surface area contributed by atoms with Crippen LogP contribution in [-0.4, -0.2) is 27.2 Å². The first-order chi connectivity index (χ1) is 12.6. The Balaban J connectivity index is 2.03. The second-order valence-corrected chi connectivity index (χ2v) is 8.88. The third kappa shape index (κ3) is 5.57. The first-order valence-corrected chi connectivity index (χ1v) is 10.8. The molecule has 0 radical (unpaired) electrons. The van der Waals surface area contributed by atoms with Crippen molar-refractivity contribution in [2.45, 2.75) is 45.1 Å². The van der Waals surface area contributed by atoms with Gasteiger partial charge >= 0.3 is 0 Å². The van der Waals surface area contributed by atoms with Gasteiger partial charge < -0.3 is 10.1 Å². The van der Waals surface area contributed by atoms with E-state index in [-0.39, 0.29) is 23.5 Å². The first-order valence-electron chi connectivity index (χ1n) is 8.91. The second kappa shape index (κ2) is 8.57. The van der Waals surface area contributed by atoms with Crippen LogP contribution in [0.25, 0.3) is 0 Å². The molecule has 27 heavy (non-hydrogen) atoms. The van der Waals surface area contributed by atoms with Crippen LogP contribution < -0.4 is 10.1 Å². The lowest BCUT2D eigenvalue weighted by Gasteiger charge is -2.18. The van der Waals surface area contributed by atoms with Crippen LogP contribution in [0.4, 0.5) is 0 Å². The van der Waals surface area contributed by atoms with Crippen molar-refractivity contribution in [3.05, 3.63) is 58.7 Å². The highest BCUT2D eigenvalue weighted by Gasteiger charge is 2.15. The van der Waals surface area contributed by atoms with E-state index in [0.29, 0.717) is 12.2 Å². The van der Waals surface area contributed by atoms with Crippen LogP contribution in [0, 0.1) is 20.8 Å². The van der Waals surface area contributed by atoms with Gasteiger partial charge in [0.1, 0.15) is 5.75 Å². The molecule has 2 aromatic rings. The van der Waals surface area contributed by atoms with E-state index in [1.54, 1.807) is 24.3 Å². The standard InChI is InChI=1S/C21H27NO4S/c1-6-19(17-7-9-18(10-8-17)27(5,24)25)22-21(23)13-26-20-12-14(2)11-15(3)16(20)4/h7-12,19H,6,13H2,1-5H3,(H,22,23). The molecule has 0 spiro atoms. The molecular weight excluding hydrogens is 362 g/mol. The van der Waals surface area contributed by atoms with Crippen molar-refractivity contribution in [3.63, 3.8) is 0 Å². The molecule has 6 heteroatoms. The summed E-state index contributed by atoms with van der Waals surface area (Å²) in [4.78, 5) is 12.6. The molecule has 2 aromatic carbocycles. The fraction of sp³-hybridized carbons (Fsp3) is 0.381. The van der Waals surface area contributed by atoms with E-state index in [1.165, 1.54) is 6.26 Å². The second-order valence-electron chi connectivity index (χ2n) is 6.86. The van der Waals surface area contributed by atoms with E-state index in [1.807, 2.05) is 33.8 Å². The molecule has 0 saturated heterocycles. The van der Waals surface area contributed by atoms with E-state index in [0.717, 1.165) is 22.3 Å². The molecule has 0 aliphatic heterocycles. The summed E-state index contributed by atoms with van der Waals surface area (Å²) in [5.41, 5.74) is 4.10. The van der Waals surface area contributed by atoms with Gasteiger partial charge in [-0.05, 0) is 67.6 Å². The molecule has 2 rings (SSSR count). The third-order valence-electron chi connectivity index (χ3n) is 4.58. The predicted octanol–water partition coefficient (Wildman–Crippen LogP) is 3.66. The van der Waals surface area contributed by atoms with E-state index < -0.39 is 9.84 Å². The minimum Gasteiger partial charge on any atom is -0.483 e. The Kier molecular flexibility index (Phi) is 6.65. The minimum absolute atomic E-state index is 0.0678. The van der Waals surface area contributed by atoms with Gasteiger partial charge in [0.2, 0.25) is 0 Å². The highest BCUT2D eigenvalue weighted by Crippen LogP contribution is 2.23. The van der Waals surface area contributed by atoms with E-state index in [4.69, 9.17) is 4.74 Å². The Morgan fingerprint density at radius 3 is 2.30 bits per heavy atom. The fourth-order valence-electron chi connectivity index (χ4n) is 2.90. The Hall–Kier alpha value is -2.34. The van der Waals surface area contributed by atoms with Crippen LogP contribution >= 0.6 is 0 Å². The fourth-order valence-corrected chi connectivity index (χ4v) is 3.53. The summed E-state index contributed by atoms with van der Waals surface area (Å²) in [5.74, 6) is 0.501. The lowest BCUT2D eigenvalue weighted by Crippen LogP contribution is -2.32. The number of hydrogen-bond donors (Lipinski definition) is 1. The molecule has 146 valence electrons. The molecule has 1 N–H and O–H groups in total. The molecule has 0 aliphatic rings. The van der Waals surface area contributed by atoms with E-state index >= 15 is 0 Å². The molecule has 0 heterocycles. The molecule has 1 atom stereocenters. The van der Waals surface area contributed by atoms with Gasteiger partial charge in [-0.15, -0.1) is 0 Å². The number of nitrogens with one attached hydrogen (secondary N) is 1. The molecule has 5 nitrogen and oxygen atoms in total. The SMILES string of the molecule is CCC(NC(=O)COc1cc(C)cc(C)c1C)c1ccc(S(C)(=O)=O)cc1. The molecule has 0 saturated carbocycles. The third-order valence-corrected chi connectivity index (χ3v) is 5.71. The number of aryl methyl sites for hydroxylation is 2. The van der Waals surface area contributed by atoms with Crippen molar-refractivity contribution < 1.29 is 17.9 Å². The van der Waals surface area contributed by atoms with E-state index in [9.17, 15) is 13.2 Å². The Morgan fingerprint density at radius 2 is 1.74 bits per heavy atom. The smallest absolute Gasteiger partial charge is 0.258 e. The maximum Gasteiger partial charge on any atom is 0.258 e. The van der Waals surface area contributed by atoms with Gasteiger partial charge in [-0.1, -0.05) is 25.1 Å². The van der Waals surface area contributed by atoms with Crippen molar-refractivity contribution in [1.82, 2.24) is 5.32 Å². The summed E-state index contributed by atoms with van der Waals surface area (Å²) in [7, 11) is -3.23. The number of amides is 1. The Bertz CT molecular complexity index is 918. The summed E-state index contributed by atoms with van der Waals surface area (Å²) < 4.78 is 28.9. The van der Waals surface area contributed by atoms with Crippen molar-refractivity contribution in [1.29, 1.82) is 0 Å². The zero-order chi connectivity index (χ0) is 20.2. The number of rotatable bonds is 7. The summed E-state index contributed by atoms with van der Waals surface area (Å²) in [6.45, 7) is 7.88. The first kappa shape index (κ1) is 21.0. The summed E-state index contributed by atoms with van der Waals surface area (Å²) in [6, 6.07) is 10.4. The zero-order valence-corrected chi connectivity index (χ0v) is 17.3. The van der Waals surface area contributed by atoms with Crippen LogP contribution in [0.5, 0.6) is 5.75 Å². The maximum absolute atomic E-state index is 12.3. The lowest BCUT2D eigenvalue weighted by molar-refractivity contribution is -0.123. The average Bonchev–Trinajstić information content (AvgIpc) is 2.60. The Morgan fingerprint density at radius 1 is 1.11 bits per heavy atom. The molecule has 1 amide bonds. The van der Waals surface area contributed by atoms with Crippen LogP contribution in [-0.2, 0) is 14.6 Å². The number of carbonyl (C=O) groups is 1. The van der Waals surface area contributed by atoms with Crippen LogP contribution in [0.2, 0.25) is 0 Å². The number of hydrogen-bond acceptors (Lipinski definition) is 4. The van der Waals surface area contributed by atoms with Gasteiger partial charge in [0.25, 0.3) is 5.91 Å². The number of carbonyl (C=O) groups excluding carboxylic acids is 1. The topological polar surface area (TPSA) is 72.5 Å². The quantitative estimate of drug-likeness (QED) is 0.784. The maximum atomic E-state index is 12.3. The largest absolute Gasteiger partial charge is 0.483 e. The van der Waals surface area contributed by atoms with Crippen LogP contribution in [0.1, 0.15) is 41.6 Å². The van der Waals surface area contributed by atoms with Gasteiger partial charge in [0, 0.05) is 6.26 Å². The summed E-state index contributed by atoms with van der Waals surface area (Å²) in [5, 5.41) is 2.95. The normalized spacial score (nSPS) is 12.5. The molecule has 1 unspecified atom stereocenters. The Labute approximate surface area is 161 Å². The van der Waals surface area contributed by atoms with Gasteiger partial charge in [-0.25, -0.2) is 8.42 Å². The van der Waals surface area contributed by atoms with E-state index in [2.05, 4.69) is 11.4 Å². The molecule has 0 aromatic heterocycles. The summed E-state index contributed by atoms with van der Waals surface area (Å²) in [6.07, 6.45) is 1.86. The molecule has 0 fully saturated rings. The van der Waals surface area contributed by atoms with Gasteiger partial charge in [-0.2, -0.15) is 0 Å². The minimum atomic E-state index is -3.23. The lowest BCUT2D eigenvalue weighted by atomic mass is 10.0. The average molecular weight is 390 g/mol. The highest BCUT2D eigenvalue weighted by atomic mass is 32.2. The van der Waals surface area contributed by atoms with Crippen LogP contribution in [0.3, 0.4) is 0 Å². The van der Waals surface area contributed by atoms with Gasteiger partial charge in [0.05, 0.1) is 10.9 Å². The number of benzene rings is 2. The van der Waals surface area contributed by atoms with Gasteiger partial charge in [-0.3, -0.25) is 4.79 Å². The number of sulfone groups is 1. The van der Waals surface area contributed by atoms with Gasteiger partial charge in [0.15, 0.2) is 16.4 Å². The zero-order valence-electron chi connectivity index (χ0n) is 16.5. The molecule has 0 aliphatic carbocycles. The van der Waals surface area contributed by atoms with Crippen molar-refractivity contribution in [2.75, 3.05) is 12.9 Å². The predicted molar refractivity (Wildman–Crippen MR) is 107 cm³/mol. The summed E-state index contributed by atoms with van der Waals surface area (Å²) >= 11 is 0. The van der Waals surface area contributed by atoms with Crippen molar-refractivity contribution >= 4 is 15.7 Å². The highest BCUT2D eigenvalue weighted by molar-refractivity contribution is 7.90. The number of ether oxygens (including phenoxy) is 1. The van der Waals surface area contributed by atoms with Crippen LogP contribution in [0.15, 0.2) is 41.3 Å². The monoisotopic (exact) mass is 389 g/mol. The molecule has 0 bridgehead atoms. The molecular formula is C21H27NO4S. The van der Waals surface area contributed by atoms with Crippen molar-refractivity contribution in [2.24, 2.45) is 0 Å².